The number of hydrogen-bond acceptors (Lipinski definition) is 7. The Morgan fingerprint density at radius 3 is 2.89 bits per heavy atom. The molecule has 8 heteroatoms. The number of carbonyl (C=O) groups is 2. The van der Waals surface area contributed by atoms with E-state index in [1.165, 1.54) is 18.4 Å². The fourth-order valence-corrected chi connectivity index (χ4v) is 3.82. The van der Waals surface area contributed by atoms with Crippen molar-refractivity contribution in [2.24, 2.45) is 0 Å². The summed E-state index contributed by atoms with van der Waals surface area (Å²) in [4.78, 5) is 28.9. The number of aromatic nitrogens is 1. The number of anilines is 3. The van der Waals surface area contributed by atoms with Crippen molar-refractivity contribution in [1.82, 2.24) is 4.98 Å². The predicted octanol–water partition coefficient (Wildman–Crippen LogP) is 3.60. The van der Waals surface area contributed by atoms with Gasteiger partial charge in [-0.15, -0.1) is 11.3 Å². The fraction of sp³-hybridized carbons (Fsp3) is 0.150. The molecule has 1 aliphatic heterocycles. The maximum absolute atomic E-state index is 11.9. The summed E-state index contributed by atoms with van der Waals surface area (Å²) >= 11 is 1.39. The zero-order valence-corrected chi connectivity index (χ0v) is 15.8. The molecule has 7 nitrogen and oxygen atoms in total. The van der Waals surface area contributed by atoms with Gasteiger partial charge in [0.05, 0.1) is 24.9 Å². The summed E-state index contributed by atoms with van der Waals surface area (Å²) in [6.07, 6.45) is 0.111. The molecule has 0 saturated heterocycles. The Morgan fingerprint density at radius 1 is 1.29 bits per heavy atom. The van der Waals surface area contributed by atoms with Crippen molar-refractivity contribution in [3.05, 3.63) is 53.4 Å². The topological polar surface area (TPSA) is 89.5 Å². The minimum atomic E-state index is -0.342. The van der Waals surface area contributed by atoms with Gasteiger partial charge in [0, 0.05) is 16.1 Å². The lowest BCUT2D eigenvalue weighted by Crippen LogP contribution is -2.25. The molecule has 0 aliphatic carbocycles. The summed E-state index contributed by atoms with van der Waals surface area (Å²) in [5.41, 5.74) is 2.93. The number of fused-ring (bicyclic) bond motifs is 1. The summed E-state index contributed by atoms with van der Waals surface area (Å²) in [5.74, 6) is 0.0608. The molecule has 28 heavy (non-hydrogen) atoms. The Kier molecular flexibility index (Phi) is 4.94. The van der Waals surface area contributed by atoms with Crippen LogP contribution in [0.15, 0.2) is 48.5 Å². The third-order valence-electron chi connectivity index (χ3n) is 4.14. The Labute approximate surface area is 165 Å². The third-order valence-corrected chi connectivity index (χ3v) is 5.11. The second-order valence-electron chi connectivity index (χ2n) is 6.08. The van der Waals surface area contributed by atoms with Gasteiger partial charge in [0.1, 0.15) is 5.75 Å². The van der Waals surface area contributed by atoms with E-state index in [9.17, 15) is 9.59 Å². The van der Waals surface area contributed by atoms with Crippen molar-refractivity contribution in [3.63, 3.8) is 0 Å². The van der Waals surface area contributed by atoms with Crippen molar-refractivity contribution in [2.45, 2.75) is 6.42 Å². The average molecular weight is 395 g/mol. The Morgan fingerprint density at radius 2 is 2.11 bits per heavy atom. The number of carbonyl (C=O) groups excluding carboxylic acids is 2. The molecule has 1 aliphatic rings. The Hall–Kier alpha value is -3.39. The van der Waals surface area contributed by atoms with Gasteiger partial charge < -0.3 is 20.1 Å². The molecular weight excluding hydrogens is 378 g/mol. The van der Waals surface area contributed by atoms with Crippen LogP contribution in [0.4, 0.5) is 16.5 Å². The van der Waals surface area contributed by atoms with E-state index in [0.717, 1.165) is 16.1 Å². The first-order chi connectivity index (χ1) is 13.6. The monoisotopic (exact) mass is 395 g/mol. The normalized spacial score (nSPS) is 12.5. The molecule has 3 aromatic rings. The van der Waals surface area contributed by atoms with Crippen LogP contribution in [0.2, 0.25) is 0 Å². The summed E-state index contributed by atoms with van der Waals surface area (Å²) in [6.45, 7) is 0.00177. The fourth-order valence-electron chi connectivity index (χ4n) is 2.83. The number of esters is 1. The Bertz CT molecular complexity index is 1030. The van der Waals surface area contributed by atoms with E-state index < -0.39 is 0 Å². The maximum atomic E-state index is 11.9. The summed E-state index contributed by atoms with van der Waals surface area (Å²) < 4.78 is 10.2. The number of nitrogens with zero attached hydrogens (tertiary/aromatic N) is 1. The first-order valence-corrected chi connectivity index (χ1v) is 9.39. The molecule has 0 bridgehead atoms. The summed E-state index contributed by atoms with van der Waals surface area (Å²) in [6, 6.07) is 15.1. The maximum Gasteiger partial charge on any atom is 0.310 e. The number of nitrogens with one attached hydrogen (secondary N) is 2. The number of methoxy groups -OCH3 is 1. The molecular formula is C20H17N3O4S. The van der Waals surface area contributed by atoms with Crippen LogP contribution in [-0.2, 0) is 20.7 Å². The third kappa shape index (κ3) is 3.81. The highest BCUT2D eigenvalue weighted by atomic mass is 32.1. The van der Waals surface area contributed by atoms with Gasteiger partial charge >= 0.3 is 5.97 Å². The highest BCUT2D eigenvalue weighted by Crippen LogP contribution is 2.37. The zero-order valence-electron chi connectivity index (χ0n) is 15.0. The van der Waals surface area contributed by atoms with Gasteiger partial charge in [-0.3, -0.25) is 9.59 Å². The van der Waals surface area contributed by atoms with Gasteiger partial charge in [0.25, 0.3) is 5.91 Å². The van der Waals surface area contributed by atoms with Gasteiger partial charge in [-0.25, -0.2) is 4.98 Å². The zero-order chi connectivity index (χ0) is 19.5. The lowest BCUT2D eigenvalue weighted by atomic mass is 10.1. The van der Waals surface area contributed by atoms with Crippen molar-refractivity contribution in [3.8, 4) is 17.0 Å². The Balaban J connectivity index is 1.71. The molecule has 1 aromatic heterocycles. The van der Waals surface area contributed by atoms with Crippen LogP contribution in [0.25, 0.3) is 11.3 Å². The van der Waals surface area contributed by atoms with Crippen LogP contribution in [0.3, 0.4) is 0 Å². The van der Waals surface area contributed by atoms with Gasteiger partial charge in [-0.05, 0) is 30.3 Å². The van der Waals surface area contributed by atoms with E-state index in [4.69, 9.17) is 9.47 Å². The van der Waals surface area contributed by atoms with Crippen molar-refractivity contribution >= 4 is 39.7 Å². The van der Waals surface area contributed by atoms with E-state index in [1.54, 1.807) is 12.1 Å². The van der Waals surface area contributed by atoms with Crippen molar-refractivity contribution < 1.29 is 19.1 Å². The molecule has 2 heterocycles. The first kappa shape index (κ1) is 18.0. The molecule has 0 fully saturated rings. The van der Waals surface area contributed by atoms with Crippen LogP contribution < -0.4 is 15.4 Å². The SMILES string of the molecule is COC(=O)Cc1sc(Nc2ccccc2)nc1-c1ccc2c(c1)NC(=O)CO2. The first-order valence-electron chi connectivity index (χ1n) is 8.58. The second-order valence-corrected chi connectivity index (χ2v) is 7.17. The van der Waals surface area contributed by atoms with Gasteiger partial charge in [0.15, 0.2) is 11.7 Å². The molecule has 0 saturated carbocycles. The molecule has 0 spiro atoms. The van der Waals surface area contributed by atoms with Crippen LogP contribution in [-0.4, -0.2) is 30.6 Å². The molecule has 0 radical (unpaired) electrons. The van der Waals surface area contributed by atoms with Crippen LogP contribution in [0, 0.1) is 0 Å². The van der Waals surface area contributed by atoms with E-state index in [2.05, 4.69) is 15.6 Å². The smallest absolute Gasteiger partial charge is 0.310 e. The minimum absolute atomic E-state index is 0.00177. The number of benzene rings is 2. The predicted molar refractivity (Wildman–Crippen MR) is 107 cm³/mol. The number of hydrogen-bond donors (Lipinski definition) is 2. The van der Waals surface area contributed by atoms with Crippen molar-refractivity contribution in [1.29, 1.82) is 0 Å². The number of amides is 1. The van der Waals surface area contributed by atoms with Gasteiger partial charge in [-0.2, -0.15) is 0 Å². The van der Waals surface area contributed by atoms with E-state index in [1.807, 2.05) is 36.4 Å². The number of rotatable bonds is 5. The molecule has 1 amide bonds. The van der Waals surface area contributed by atoms with E-state index in [0.29, 0.717) is 22.3 Å². The molecule has 0 unspecified atom stereocenters. The quantitative estimate of drug-likeness (QED) is 0.642. The molecule has 0 atom stereocenters. The summed E-state index contributed by atoms with van der Waals surface area (Å²) in [5, 5.41) is 6.71. The number of thiazole rings is 1. The van der Waals surface area contributed by atoms with Crippen molar-refractivity contribution in [2.75, 3.05) is 24.4 Å². The standard InChI is InChI=1S/C20H17N3O4S/c1-26-18(25)10-16-19(23-20(28-16)21-13-5-3-2-4-6-13)12-7-8-15-14(9-12)22-17(24)11-27-15/h2-9H,10-11H2,1H3,(H,21,23)(H,22,24). The highest BCUT2D eigenvalue weighted by Gasteiger charge is 2.20. The molecule has 2 N–H and O–H groups in total. The van der Waals surface area contributed by atoms with Crippen LogP contribution >= 0.6 is 11.3 Å². The van der Waals surface area contributed by atoms with E-state index in [-0.39, 0.29) is 24.9 Å². The largest absolute Gasteiger partial charge is 0.482 e. The lowest BCUT2D eigenvalue weighted by molar-refractivity contribution is -0.139. The van der Waals surface area contributed by atoms with Crippen LogP contribution in [0.5, 0.6) is 5.75 Å². The van der Waals surface area contributed by atoms with Gasteiger partial charge in [0.2, 0.25) is 0 Å². The average Bonchev–Trinajstić information content (AvgIpc) is 3.10. The number of ether oxygens (including phenoxy) is 2. The highest BCUT2D eigenvalue weighted by molar-refractivity contribution is 7.16. The molecule has 4 rings (SSSR count). The molecule has 2 aromatic carbocycles. The van der Waals surface area contributed by atoms with Gasteiger partial charge in [-0.1, -0.05) is 18.2 Å². The number of para-hydroxylation sites is 1. The second kappa shape index (κ2) is 7.69. The summed E-state index contributed by atoms with van der Waals surface area (Å²) in [7, 11) is 1.36. The molecule has 142 valence electrons. The lowest BCUT2D eigenvalue weighted by Gasteiger charge is -2.18. The van der Waals surface area contributed by atoms with E-state index >= 15 is 0 Å². The van der Waals surface area contributed by atoms with Crippen LogP contribution in [0.1, 0.15) is 4.88 Å². The minimum Gasteiger partial charge on any atom is -0.482 e.